The first kappa shape index (κ1) is 16.9. The zero-order valence-electron chi connectivity index (χ0n) is 12.0. The summed E-state index contributed by atoms with van der Waals surface area (Å²) in [6.07, 6.45) is 2.76. The average Bonchev–Trinajstić information content (AvgIpc) is 2.53. The summed E-state index contributed by atoms with van der Waals surface area (Å²) in [5, 5.41) is 20.6. The Balaban J connectivity index is 2.32. The lowest BCUT2D eigenvalue weighted by Crippen LogP contribution is -1.95. The number of hydrogen-bond acceptors (Lipinski definition) is 5. The molecule has 2 aromatic carbocycles. The van der Waals surface area contributed by atoms with Crippen LogP contribution in [-0.2, 0) is 0 Å². The second-order valence-corrected chi connectivity index (χ2v) is 5.80. The van der Waals surface area contributed by atoms with E-state index in [1.807, 2.05) is 12.1 Å². The number of phenolic OH excluding ortho intramolecular Hbond substituents is 1. The van der Waals surface area contributed by atoms with Gasteiger partial charge in [0.05, 0.1) is 12.0 Å². The summed E-state index contributed by atoms with van der Waals surface area (Å²) in [6.45, 7) is 0. The molecule has 0 aliphatic carbocycles. The second kappa shape index (κ2) is 7.23. The fourth-order valence-electron chi connectivity index (χ4n) is 1.89. The minimum Gasteiger partial charge on any atom is -0.500 e. The highest BCUT2D eigenvalue weighted by Gasteiger charge is 2.19. The molecule has 2 aromatic rings. The predicted molar refractivity (Wildman–Crippen MR) is 93.8 cm³/mol. The van der Waals surface area contributed by atoms with Crippen molar-refractivity contribution >= 4 is 40.1 Å². The molecule has 0 heterocycles. The first-order valence-corrected chi connectivity index (χ1v) is 7.53. The van der Waals surface area contributed by atoms with E-state index in [0.29, 0.717) is 11.1 Å². The van der Waals surface area contributed by atoms with Crippen molar-refractivity contribution in [2.24, 2.45) is 0 Å². The molecular weight excluding hydrogens is 413 g/mol. The topological polar surface area (TPSA) is 89.7 Å². The van der Waals surface area contributed by atoms with Gasteiger partial charge in [0.15, 0.2) is 11.5 Å². The van der Waals surface area contributed by atoms with Crippen LogP contribution in [0.4, 0.5) is 5.69 Å². The molecular formula is C16H12INO5. The van der Waals surface area contributed by atoms with Gasteiger partial charge in [0.2, 0.25) is 5.75 Å². The smallest absolute Gasteiger partial charge is 0.315 e. The number of phenols is 1. The number of carbonyl (C=O) groups is 1. The van der Waals surface area contributed by atoms with Crippen LogP contribution in [0, 0.1) is 13.7 Å². The number of ether oxygens (including phenoxy) is 1. The molecule has 0 aromatic heterocycles. The summed E-state index contributed by atoms with van der Waals surface area (Å²) in [4.78, 5) is 22.3. The van der Waals surface area contributed by atoms with E-state index in [-0.39, 0.29) is 11.5 Å². The molecule has 0 bridgehead atoms. The van der Waals surface area contributed by atoms with E-state index in [4.69, 9.17) is 4.74 Å². The molecule has 0 atom stereocenters. The summed E-state index contributed by atoms with van der Waals surface area (Å²) >= 11 is 2.14. The second-order valence-electron chi connectivity index (χ2n) is 4.55. The van der Waals surface area contributed by atoms with Crippen LogP contribution in [0.1, 0.15) is 15.9 Å². The third-order valence-electron chi connectivity index (χ3n) is 3.05. The van der Waals surface area contributed by atoms with E-state index in [2.05, 4.69) is 22.6 Å². The molecule has 118 valence electrons. The van der Waals surface area contributed by atoms with Gasteiger partial charge in [0.25, 0.3) is 0 Å². The van der Waals surface area contributed by atoms with Gasteiger partial charge in [-0.2, -0.15) is 0 Å². The average molecular weight is 425 g/mol. The maximum absolute atomic E-state index is 12.1. The molecule has 0 radical (unpaired) electrons. The van der Waals surface area contributed by atoms with Gasteiger partial charge in [-0.3, -0.25) is 14.9 Å². The van der Waals surface area contributed by atoms with Crippen LogP contribution in [0.2, 0.25) is 0 Å². The number of nitrogens with zero attached hydrogens (tertiary/aromatic N) is 1. The number of nitro benzene ring substituents is 1. The molecule has 0 spiro atoms. The largest absolute Gasteiger partial charge is 0.500 e. The number of halogens is 1. The molecule has 23 heavy (non-hydrogen) atoms. The number of methoxy groups -OCH3 is 1. The van der Waals surface area contributed by atoms with E-state index in [1.165, 1.54) is 31.4 Å². The Hall–Kier alpha value is -2.42. The first-order valence-electron chi connectivity index (χ1n) is 6.45. The van der Waals surface area contributed by atoms with Gasteiger partial charge in [-0.1, -0.05) is 18.2 Å². The van der Waals surface area contributed by atoms with Gasteiger partial charge in [-0.15, -0.1) is 0 Å². The van der Waals surface area contributed by atoms with E-state index in [9.17, 15) is 20.0 Å². The van der Waals surface area contributed by atoms with Crippen LogP contribution < -0.4 is 4.74 Å². The predicted octanol–water partition coefficient (Wildman–Crippen LogP) is 3.81. The monoisotopic (exact) mass is 425 g/mol. The zero-order chi connectivity index (χ0) is 17.0. The first-order chi connectivity index (χ1) is 10.9. The van der Waals surface area contributed by atoms with Crippen molar-refractivity contribution in [2.75, 3.05) is 7.11 Å². The Morgan fingerprint density at radius 3 is 2.52 bits per heavy atom. The maximum atomic E-state index is 12.1. The fourth-order valence-corrected chi connectivity index (χ4v) is 2.25. The number of aromatic hydroxyl groups is 1. The Morgan fingerprint density at radius 2 is 1.96 bits per heavy atom. The third-order valence-corrected chi connectivity index (χ3v) is 3.77. The number of nitro groups is 1. The van der Waals surface area contributed by atoms with Crippen LogP contribution in [0.3, 0.4) is 0 Å². The number of ketones is 1. The number of rotatable bonds is 5. The van der Waals surface area contributed by atoms with Crippen LogP contribution in [-0.4, -0.2) is 22.9 Å². The minimum absolute atomic E-state index is 0.0273. The number of benzene rings is 2. The highest BCUT2D eigenvalue weighted by molar-refractivity contribution is 14.1. The fraction of sp³-hybridized carbons (Fsp3) is 0.0625. The van der Waals surface area contributed by atoms with Crippen molar-refractivity contribution in [3.63, 3.8) is 0 Å². The lowest BCUT2D eigenvalue weighted by molar-refractivity contribution is -0.386. The molecule has 1 N–H and O–H groups in total. The highest BCUT2D eigenvalue weighted by atomic mass is 127. The molecule has 0 fully saturated rings. The van der Waals surface area contributed by atoms with Gasteiger partial charge < -0.3 is 9.84 Å². The van der Waals surface area contributed by atoms with Crippen molar-refractivity contribution in [1.82, 2.24) is 0 Å². The standard InChI is InChI=1S/C16H12INO5/c1-23-15-9-10(8-13(16(15)20)18(21)22)2-7-14(19)11-3-5-12(17)6-4-11/h2-9,20H,1H3. The Kier molecular flexibility index (Phi) is 5.32. The zero-order valence-corrected chi connectivity index (χ0v) is 14.2. The lowest BCUT2D eigenvalue weighted by atomic mass is 10.1. The number of hydrogen-bond donors (Lipinski definition) is 1. The Labute approximate surface area is 145 Å². The summed E-state index contributed by atoms with van der Waals surface area (Å²) in [5.41, 5.74) is 0.415. The van der Waals surface area contributed by atoms with Crippen molar-refractivity contribution < 1.29 is 19.6 Å². The van der Waals surface area contributed by atoms with E-state index in [1.54, 1.807) is 12.1 Å². The van der Waals surface area contributed by atoms with E-state index < -0.39 is 16.4 Å². The van der Waals surface area contributed by atoms with Crippen molar-refractivity contribution in [3.8, 4) is 11.5 Å². The van der Waals surface area contributed by atoms with Gasteiger partial charge in [0.1, 0.15) is 0 Å². The SMILES string of the molecule is COc1cc(C=CC(=O)c2ccc(I)cc2)cc([N+](=O)[O-])c1O. The van der Waals surface area contributed by atoms with Crippen LogP contribution in [0.25, 0.3) is 6.08 Å². The normalized spacial score (nSPS) is 10.7. The van der Waals surface area contributed by atoms with Crippen LogP contribution in [0.5, 0.6) is 11.5 Å². The molecule has 7 heteroatoms. The summed E-state index contributed by atoms with van der Waals surface area (Å²) in [7, 11) is 1.29. The minimum atomic E-state index is -0.712. The molecule has 0 aliphatic heterocycles. The molecule has 0 saturated carbocycles. The molecule has 6 nitrogen and oxygen atoms in total. The number of carbonyl (C=O) groups excluding carboxylic acids is 1. The summed E-state index contributed by atoms with van der Waals surface area (Å²) in [6, 6.07) is 9.63. The van der Waals surface area contributed by atoms with Gasteiger partial charge in [-0.05, 0) is 52.4 Å². The maximum Gasteiger partial charge on any atom is 0.315 e. The Bertz CT molecular complexity index is 784. The van der Waals surface area contributed by atoms with E-state index in [0.717, 1.165) is 3.57 Å². The molecule has 0 aliphatic rings. The quantitative estimate of drug-likeness (QED) is 0.259. The van der Waals surface area contributed by atoms with Crippen LogP contribution >= 0.6 is 22.6 Å². The molecule has 2 rings (SSSR count). The van der Waals surface area contributed by atoms with Crippen molar-refractivity contribution in [1.29, 1.82) is 0 Å². The van der Waals surface area contributed by atoms with Gasteiger partial charge in [0, 0.05) is 15.2 Å². The van der Waals surface area contributed by atoms with E-state index >= 15 is 0 Å². The van der Waals surface area contributed by atoms with Crippen molar-refractivity contribution in [3.05, 3.63) is 67.3 Å². The molecule has 0 amide bonds. The lowest BCUT2D eigenvalue weighted by Gasteiger charge is -2.05. The third kappa shape index (κ3) is 4.07. The summed E-state index contributed by atoms with van der Waals surface area (Å²) < 4.78 is 5.92. The summed E-state index contributed by atoms with van der Waals surface area (Å²) in [5.74, 6) is -0.796. The van der Waals surface area contributed by atoms with Gasteiger partial charge >= 0.3 is 5.69 Å². The van der Waals surface area contributed by atoms with Gasteiger partial charge in [-0.25, -0.2) is 0 Å². The molecule has 0 unspecified atom stereocenters. The Morgan fingerprint density at radius 1 is 1.30 bits per heavy atom. The number of allylic oxidation sites excluding steroid dienone is 1. The van der Waals surface area contributed by atoms with Crippen molar-refractivity contribution in [2.45, 2.75) is 0 Å². The van der Waals surface area contributed by atoms with Crippen LogP contribution in [0.15, 0.2) is 42.5 Å². The molecule has 0 saturated heterocycles. The highest BCUT2D eigenvalue weighted by Crippen LogP contribution is 2.37.